The number of carbonyl (C=O) groups excluding carboxylic acids is 1. The Morgan fingerprint density at radius 2 is 1.81 bits per heavy atom. The highest BCUT2D eigenvalue weighted by Crippen LogP contribution is 2.47. The summed E-state index contributed by atoms with van der Waals surface area (Å²) in [5.41, 5.74) is 1.39. The van der Waals surface area contributed by atoms with Crippen LogP contribution in [0.15, 0.2) is 54.6 Å². The average Bonchev–Trinajstić information content (AvgIpc) is 2.83. The number of nitriles is 1. The van der Waals surface area contributed by atoms with Crippen LogP contribution in [0.1, 0.15) is 28.4 Å². The van der Waals surface area contributed by atoms with Crippen molar-refractivity contribution >= 4 is 17.7 Å². The summed E-state index contributed by atoms with van der Waals surface area (Å²) in [5.74, 6) is -0.333. The molecule has 2 aromatic rings. The number of esters is 1. The number of ether oxygens (including phenoxy) is 1. The van der Waals surface area contributed by atoms with Crippen LogP contribution in [0.2, 0.25) is 0 Å². The van der Waals surface area contributed by atoms with E-state index in [0.29, 0.717) is 5.56 Å². The number of carbonyl (C=O) groups is 1. The first-order chi connectivity index (χ1) is 10.2. The van der Waals surface area contributed by atoms with Crippen molar-refractivity contribution in [3.8, 4) is 5.40 Å². The van der Waals surface area contributed by atoms with Crippen LogP contribution in [0.3, 0.4) is 0 Å². The number of nitrogens with zero attached hydrogens (tertiary/aromatic N) is 1. The third-order valence-corrected chi connectivity index (χ3v) is 4.60. The van der Waals surface area contributed by atoms with E-state index in [2.05, 4.69) is 5.40 Å². The lowest BCUT2D eigenvalue weighted by Crippen LogP contribution is -2.37. The average molecular weight is 295 g/mol. The van der Waals surface area contributed by atoms with Gasteiger partial charge in [0.2, 0.25) is 0 Å². The monoisotopic (exact) mass is 295 g/mol. The molecule has 4 heteroatoms. The van der Waals surface area contributed by atoms with Crippen molar-refractivity contribution in [3.05, 3.63) is 71.3 Å². The fourth-order valence-electron chi connectivity index (χ4n) is 2.84. The summed E-state index contributed by atoms with van der Waals surface area (Å²) < 4.78 is 5.81. The molecule has 1 heterocycles. The van der Waals surface area contributed by atoms with Crippen molar-refractivity contribution in [1.29, 1.82) is 5.26 Å². The zero-order chi connectivity index (χ0) is 14.9. The van der Waals surface area contributed by atoms with Gasteiger partial charge in [0.05, 0.1) is 10.8 Å². The molecule has 21 heavy (non-hydrogen) atoms. The first-order valence-electron chi connectivity index (χ1n) is 6.63. The van der Waals surface area contributed by atoms with Crippen LogP contribution in [0, 0.1) is 10.7 Å². The van der Waals surface area contributed by atoms with Gasteiger partial charge in [-0.05, 0) is 24.8 Å². The molecule has 0 radical (unpaired) electrons. The van der Waals surface area contributed by atoms with Gasteiger partial charge in [-0.3, -0.25) is 0 Å². The molecule has 0 fully saturated rings. The number of rotatable bonds is 3. The van der Waals surface area contributed by atoms with E-state index in [0.717, 1.165) is 22.9 Å². The maximum absolute atomic E-state index is 12.2. The molecule has 0 N–H and O–H groups in total. The van der Waals surface area contributed by atoms with Crippen LogP contribution in [-0.2, 0) is 10.3 Å². The lowest BCUT2D eigenvalue weighted by Gasteiger charge is -2.33. The molecule has 2 aromatic carbocycles. The first-order valence-corrected chi connectivity index (χ1v) is 7.51. The lowest BCUT2D eigenvalue weighted by molar-refractivity contribution is 0.0115. The van der Waals surface area contributed by atoms with Crippen molar-refractivity contribution in [1.82, 2.24) is 0 Å². The van der Waals surface area contributed by atoms with Crippen LogP contribution in [0.5, 0.6) is 0 Å². The molecule has 0 spiro atoms. The Balaban J connectivity index is 2.25. The fraction of sp³-hybridized carbons (Fsp3) is 0.176. The summed E-state index contributed by atoms with van der Waals surface area (Å²) in [4.78, 5) is 12.2. The Labute approximate surface area is 127 Å². The standard InChI is InChI=1S/C17H13NO2S/c1-12(21-11-18)17(13-7-3-2-4-8-13)15-10-6-5-9-14(15)16(19)20-17/h2-10,12H,1H3. The molecule has 0 bridgehead atoms. The second-order valence-electron chi connectivity index (χ2n) is 4.89. The topological polar surface area (TPSA) is 50.1 Å². The zero-order valence-corrected chi connectivity index (χ0v) is 12.3. The van der Waals surface area contributed by atoms with E-state index in [1.165, 1.54) is 0 Å². The molecule has 0 aromatic heterocycles. The van der Waals surface area contributed by atoms with Crippen LogP contribution in [0.4, 0.5) is 0 Å². The maximum atomic E-state index is 12.2. The summed E-state index contributed by atoms with van der Waals surface area (Å²) in [6.45, 7) is 1.91. The Morgan fingerprint density at radius 1 is 1.14 bits per heavy atom. The van der Waals surface area contributed by atoms with Crippen molar-refractivity contribution in [2.24, 2.45) is 0 Å². The van der Waals surface area contributed by atoms with E-state index in [1.54, 1.807) is 6.07 Å². The molecule has 1 aliphatic rings. The Bertz CT molecular complexity index is 723. The second kappa shape index (κ2) is 5.27. The second-order valence-corrected chi connectivity index (χ2v) is 6.01. The van der Waals surface area contributed by atoms with E-state index in [4.69, 9.17) is 10.00 Å². The van der Waals surface area contributed by atoms with E-state index < -0.39 is 5.60 Å². The highest BCUT2D eigenvalue weighted by Gasteiger charge is 2.51. The lowest BCUT2D eigenvalue weighted by atomic mass is 9.83. The van der Waals surface area contributed by atoms with Gasteiger partial charge in [0.1, 0.15) is 5.40 Å². The highest BCUT2D eigenvalue weighted by atomic mass is 32.2. The number of hydrogen-bond acceptors (Lipinski definition) is 4. The summed E-state index contributed by atoms with van der Waals surface area (Å²) >= 11 is 1.12. The van der Waals surface area contributed by atoms with Crippen molar-refractivity contribution in [2.75, 3.05) is 0 Å². The molecule has 0 amide bonds. The van der Waals surface area contributed by atoms with Crippen molar-refractivity contribution in [3.63, 3.8) is 0 Å². The number of thioether (sulfide) groups is 1. The van der Waals surface area contributed by atoms with E-state index in [9.17, 15) is 4.79 Å². The summed E-state index contributed by atoms with van der Waals surface area (Å²) in [6, 6.07) is 17.0. The fourth-order valence-corrected chi connectivity index (χ4v) is 3.48. The molecule has 0 saturated heterocycles. The third kappa shape index (κ3) is 2.01. The minimum atomic E-state index is -0.907. The van der Waals surface area contributed by atoms with Crippen molar-refractivity contribution < 1.29 is 9.53 Å². The maximum Gasteiger partial charge on any atom is 0.339 e. The quantitative estimate of drug-likeness (QED) is 0.640. The van der Waals surface area contributed by atoms with Crippen LogP contribution >= 0.6 is 11.8 Å². The number of cyclic esters (lactones) is 1. The van der Waals surface area contributed by atoms with Gasteiger partial charge < -0.3 is 4.74 Å². The highest BCUT2D eigenvalue weighted by molar-refractivity contribution is 8.04. The first kappa shape index (κ1) is 13.7. The number of benzene rings is 2. The zero-order valence-electron chi connectivity index (χ0n) is 11.4. The summed E-state index contributed by atoms with van der Waals surface area (Å²) in [6.07, 6.45) is 0. The molecule has 1 aliphatic heterocycles. The minimum Gasteiger partial charge on any atom is -0.444 e. The SMILES string of the molecule is CC(SC#N)C1(c2ccccc2)OC(=O)c2ccccc21. The van der Waals surface area contributed by atoms with Gasteiger partial charge in [-0.25, -0.2) is 4.79 Å². The molecule has 2 atom stereocenters. The van der Waals surface area contributed by atoms with Gasteiger partial charge in [0.25, 0.3) is 0 Å². The third-order valence-electron chi connectivity index (χ3n) is 3.81. The molecule has 3 nitrogen and oxygen atoms in total. The van der Waals surface area contributed by atoms with E-state index in [-0.39, 0.29) is 11.2 Å². The largest absolute Gasteiger partial charge is 0.444 e. The molecular weight excluding hydrogens is 282 g/mol. The predicted octanol–water partition coefficient (Wildman–Crippen LogP) is 3.70. The Hall–Kier alpha value is -2.25. The summed E-state index contributed by atoms with van der Waals surface area (Å²) in [5, 5.41) is 10.9. The Morgan fingerprint density at radius 3 is 2.52 bits per heavy atom. The normalized spacial score (nSPS) is 21.2. The van der Waals surface area contributed by atoms with Crippen LogP contribution in [-0.4, -0.2) is 11.2 Å². The van der Waals surface area contributed by atoms with Crippen LogP contribution in [0.25, 0.3) is 0 Å². The molecule has 0 aliphatic carbocycles. The number of hydrogen-bond donors (Lipinski definition) is 0. The molecule has 2 unspecified atom stereocenters. The minimum absolute atomic E-state index is 0.211. The molecule has 3 rings (SSSR count). The summed E-state index contributed by atoms with van der Waals surface area (Å²) in [7, 11) is 0. The van der Waals surface area contributed by atoms with Gasteiger partial charge in [-0.1, -0.05) is 48.5 Å². The molecule has 0 saturated carbocycles. The van der Waals surface area contributed by atoms with Gasteiger partial charge in [-0.2, -0.15) is 5.26 Å². The number of thiocyanates is 1. The van der Waals surface area contributed by atoms with Gasteiger partial charge in [-0.15, -0.1) is 0 Å². The van der Waals surface area contributed by atoms with Crippen molar-refractivity contribution in [2.45, 2.75) is 17.8 Å². The smallest absolute Gasteiger partial charge is 0.339 e. The van der Waals surface area contributed by atoms with Gasteiger partial charge >= 0.3 is 5.97 Å². The molecular formula is C17H13NO2S. The number of fused-ring (bicyclic) bond motifs is 1. The predicted molar refractivity (Wildman–Crippen MR) is 81.7 cm³/mol. The van der Waals surface area contributed by atoms with Gasteiger partial charge in [0.15, 0.2) is 5.60 Å². The van der Waals surface area contributed by atoms with E-state index >= 15 is 0 Å². The van der Waals surface area contributed by atoms with Crippen LogP contribution < -0.4 is 0 Å². The van der Waals surface area contributed by atoms with E-state index in [1.807, 2.05) is 55.5 Å². The van der Waals surface area contributed by atoms with Gasteiger partial charge in [0, 0.05) is 11.1 Å². The molecule has 104 valence electrons. The Kier molecular flexibility index (Phi) is 3.44.